The van der Waals surface area contributed by atoms with Gasteiger partial charge in [-0.25, -0.2) is 8.42 Å². The van der Waals surface area contributed by atoms with E-state index in [1.54, 1.807) is 13.1 Å². The van der Waals surface area contributed by atoms with Crippen molar-refractivity contribution in [3.63, 3.8) is 0 Å². The second-order valence-electron chi connectivity index (χ2n) is 4.69. The van der Waals surface area contributed by atoms with Crippen LogP contribution in [0.2, 0.25) is 0 Å². The Morgan fingerprint density at radius 2 is 2.06 bits per heavy atom. The SMILES string of the molecule is CCC(C)(C)N(C)S(=O)(=O)c1cc(CN)sc1Br. The lowest BCUT2D eigenvalue weighted by Gasteiger charge is -2.33. The second-order valence-corrected chi connectivity index (χ2v) is 9.09. The standard InChI is InChI=1S/C11H19BrN2O2S2/c1-5-11(2,3)14(4)18(15,16)9-6-8(7-13)17-10(9)12/h6H,5,7,13H2,1-4H3. The van der Waals surface area contributed by atoms with Gasteiger partial charge in [0.1, 0.15) is 4.90 Å². The number of thiophene rings is 1. The van der Waals surface area contributed by atoms with Crippen molar-refractivity contribution in [2.75, 3.05) is 7.05 Å². The zero-order valence-corrected chi connectivity index (χ0v) is 14.2. The molecule has 0 spiro atoms. The maximum atomic E-state index is 12.5. The first-order valence-electron chi connectivity index (χ1n) is 5.64. The highest BCUT2D eigenvalue weighted by Crippen LogP contribution is 2.35. The summed E-state index contributed by atoms with van der Waals surface area (Å²) >= 11 is 4.67. The number of nitrogens with zero attached hydrogens (tertiary/aromatic N) is 1. The molecule has 0 fully saturated rings. The molecule has 0 radical (unpaired) electrons. The molecule has 1 heterocycles. The third-order valence-corrected chi connectivity index (χ3v) is 7.61. The monoisotopic (exact) mass is 354 g/mol. The Morgan fingerprint density at radius 1 is 1.50 bits per heavy atom. The smallest absolute Gasteiger partial charge is 0.245 e. The van der Waals surface area contributed by atoms with Crippen molar-refractivity contribution in [1.82, 2.24) is 4.31 Å². The minimum absolute atomic E-state index is 0.303. The molecular formula is C11H19BrN2O2S2. The fourth-order valence-electron chi connectivity index (χ4n) is 1.37. The van der Waals surface area contributed by atoms with E-state index in [4.69, 9.17) is 5.73 Å². The Balaban J connectivity index is 3.25. The Hall–Kier alpha value is 0.0500. The topological polar surface area (TPSA) is 63.4 Å². The molecule has 1 aromatic rings. The zero-order valence-electron chi connectivity index (χ0n) is 11.0. The van der Waals surface area contributed by atoms with Gasteiger partial charge < -0.3 is 5.73 Å². The molecule has 0 saturated carbocycles. The summed E-state index contributed by atoms with van der Waals surface area (Å²) in [6.45, 7) is 6.14. The normalized spacial score (nSPS) is 13.3. The van der Waals surface area contributed by atoms with Gasteiger partial charge in [-0.15, -0.1) is 11.3 Å². The lowest BCUT2D eigenvalue weighted by molar-refractivity contribution is 0.257. The first kappa shape index (κ1) is 16.1. The van der Waals surface area contributed by atoms with Gasteiger partial charge in [-0.1, -0.05) is 6.92 Å². The molecule has 0 aliphatic rings. The number of halogens is 1. The van der Waals surface area contributed by atoms with E-state index in [2.05, 4.69) is 15.9 Å². The summed E-state index contributed by atoms with van der Waals surface area (Å²) in [5.74, 6) is 0. The van der Waals surface area contributed by atoms with Crippen LogP contribution in [-0.2, 0) is 16.6 Å². The maximum absolute atomic E-state index is 12.5. The van der Waals surface area contributed by atoms with Gasteiger partial charge in [0.05, 0.1) is 3.79 Å². The van der Waals surface area contributed by atoms with Gasteiger partial charge in [0, 0.05) is 24.0 Å². The molecule has 4 nitrogen and oxygen atoms in total. The van der Waals surface area contributed by atoms with Crippen LogP contribution in [0.15, 0.2) is 14.7 Å². The predicted molar refractivity (Wildman–Crippen MR) is 79.2 cm³/mol. The molecule has 0 bridgehead atoms. The first-order valence-corrected chi connectivity index (χ1v) is 8.69. The predicted octanol–water partition coefficient (Wildman–Crippen LogP) is 2.78. The van der Waals surface area contributed by atoms with Crippen LogP contribution >= 0.6 is 27.3 Å². The van der Waals surface area contributed by atoms with Crippen LogP contribution in [0.3, 0.4) is 0 Å². The van der Waals surface area contributed by atoms with E-state index in [-0.39, 0.29) is 0 Å². The van der Waals surface area contributed by atoms with Crippen LogP contribution < -0.4 is 5.73 Å². The summed E-state index contributed by atoms with van der Waals surface area (Å²) in [5.41, 5.74) is 5.13. The van der Waals surface area contributed by atoms with Crippen molar-refractivity contribution < 1.29 is 8.42 Å². The second kappa shape index (κ2) is 5.58. The first-order chi connectivity index (χ1) is 8.16. The lowest BCUT2D eigenvalue weighted by Crippen LogP contribution is -2.44. The number of hydrogen-bond donors (Lipinski definition) is 1. The molecule has 7 heteroatoms. The van der Waals surface area contributed by atoms with E-state index in [1.165, 1.54) is 15.6 Å². The van der Waals surface area contributed by atoms with Crippen LogP contribution in [0.4, 0.5) is 0 Å². The van der Waals surface area contributed by atoms with Crippen LogP contribution in [0.25, 0.3) is 0 Å². The molecule has 18 heavy (non-hydrogen) atoms. The Kier molecular flexibility index (Phi) is 4.99. The van der Waals surface area contributed by atoms with Crippen molar-refractivity contribution in [2.24, 2.45) is 5.73 Å². The van der Waals surface area contributed by atoms with Gasteiger partial charge in [-0.05, 0) is 42.3 Å². The molecule has 1 aromatic heterocycles. The molecule has 0 amide bonds. The minimum atomic E-state index is -3.49. The number of rotatable bonds is 5. The molecule has 104 valence electrons. The Labute approximate surface area is 121 Å². The highest BCUT2D eigenvalue weighted by atomic mass is 79.9. The molecule has 0 aliphatic heterocycles. The van der Waals surface area contributed by atoms with E-state index in [0.717, 1.165) is 11.3 Å². The molecule has 0 atom stereocenters. The molecular weight excluding hydrogens is 336 g/mol. The summed E-state index contributed by atoms with van der Waals surface area (Å²) in [6.07, 6.45) is 0.744. The number of nitrogens with two attached hydrogens (primary N) is 1. The largest absolute Gasteiger partial charge is 0.326 e. The van der Waals surface area contributed by atoms with Gasteiger partial charge in [0.15, 0.2) is 0 Å². The van der Waals surface area contributed by atoms with Crippen molar-refractivity contribution in [3.8, 4) is 0 Å². The third-order valence-electron chi connectivity index (χ3n) is 3.26. The summed E-state index contributed by atoms with van der Waals surface area (Å²) in [4.78, 5) is 1.15. The fraction of sp³-hybridized carbons (Fsp3) is 0.636. The van der Waals surface area contributed by atoms with Crippen molar-refractivity contribution in [1.29, 1.82) is 0 Å². The van der Waals surface area contributed by atoms with Gasteiger partial charge in [-0.2, -0.15) is 4.31 Å². The highest BCUT2D eigenvalue weighted by molar-refractivity contribution is 9.11. The summed E-state index contributed by atoms with van der Waals surface area (Å²) in [6, 6.07) is 1.65. The van der Waals surface area contributed by atoms with Gasteiger partial charge >= 0.3 is 0 Å². The third kappa shape index (κ3) is 2.96. The quantitative estimate of drug-likeness (QED) is 0.883. The van der Waals surface area contributed by atoms with Crippen LogP contribution in [-0.4, -0.2) is 25.3 Å². The average molecular weight is 355 g/mol. The van der Waals surface area contributed by atoms with E-state index in [9.17, 15) is 8.42 Å². The molecule has 0 aliphatic carbocycles. The zero-order chi connectivity index (χ0) is 14.1. The minimum Gasteiger partial charge on any atom is -0.326 e. The molecule has 2 N–H and O–H groups in total. The average Bonchev–Trinajstić information content (AvgIpc) is 2.70. The summed E-state index contributed by atoms with van der Waals surface area (Å²) < 4.78 is 27.1. The van der Waals surface area contributed by atoms with E-state index in [0.29, 0.717) is 15.2 Å². The number of sulfonamides is 1. The van der Waals surface area contributed by atoms with Crippen LogP contribution in [0.5, 0.6) is 0 Å². The molecule has 0 unspecified atom stereocenters. The summed E-state index contributed by atoms with van der Waals surface area (Å²) in [7, 11) is -1.87. The fourth-order valence-corrected chi connectivity index (χ4v) is 5.46. The Bertz CT molecular complexity index is 523. The molecule has 0 saturated heterocycles. The maximum Gasteiger partial charge on any atom is 0.245 e. The van der Waals surface area contributed by atoms with Crippen LogP contribution in [0.1, 0.15) is 32.1 Å². The van der Waals surface area contributed by atoms with Crippen molar-refractivity contribution in [2.45, 2.75) is 44.2 Å². The molecule has 0 aromatic carbocycles. The summed E-state index contributed by atoms with van der Waals surface area (Å²) in [5, 5.41) is 0. The van der Waals surface area contributed by atoms with Crippen molar-refractivity contribution >= 4 is 37.3 Å². The van der Waals surface area contributed by atoms with Crippen molar-refractivity contribution in [3.05, 3.63) is 14.7 Å². The Morgan fingerprint density at radius 3 is 2.44 bits per heavy atom. The van der Waals surface area contributed by atoms with Gasteiger partial charge in [0.2, 0.25) is 10.0 Å². The van der Waals surface area contributed by atoms with E-state index in [1.807, 2.05) is 20.8 Å². The van der Waals surface area contributed by atoms with E-state index >= 15 is 0 Å². The number of hydrogen-bond acceptors (Lipinski definition) is 4. The highest BCUT2D eigenvalue weighted by Gasteiger charge is 2.34. The van der Waals surface area contributed by atoms with E-state index < -0.39 is 15.6 Å². The lowest BCUT2D eigenvalue weighted by atomic mass is 10.0. The molecule has 1 rings (SSSR count). The van der Waals surface area contributed by atoms with Crippen LogP contribution in [0, 0.1) is 0 Å². The van der Waals surface area contributed by atoms with Gasteiger partial charge in [-0.3, -0.25) is 0 Å². The van der Waals surface area contributed by atoms with Gasteiger partial charge in [0.25, 0.3) is 0 Å².